The van der Waals surface area contributed by atoms with E-state index in [2.05, 4.69) is 31.6 Å². The summed E-state index contributed by atoms with van der Waals surface area (Å²) >= 11 is 0. The van der Waals surface area contributed by atoms with Gasteiger partial charge in [0.2, 0.25) is 0 Å². The molecule has 0 saturated heterocycles. The predicted molar refractivity (Wildman–Crippen MR) is 69.7 cm³/mol. The van der Waals surface area contributed by atoms with Crippen molar-refractivity contribution in [2.24, 2.45) is 10.8 Å². The Balaban J connectivity index is 4.69. The van der Waals surface area contributed by atoms with Crippen LogP contribution >= 0.6 is 0 Å². The van der Waals surface area contributed by atoms with Gasteiger partial charge in [-0.3, -0.25) is 0 Å². The third kappa shape index (κ3) is 7.38. The maximum absolute atomic E-state index is 10.2. The SMILES string of the molecule is C#CCC(C)(C)CC(C)(O)C#CC(C)(C)C. The maximum atomic E-state index is 10.2. The molecule has 1 N–H and O–H groups in total. The monoisotopic (exact) mass is 220 g/mol. The minimum atomic E-state index is -0.965. The van der Waals surface area contributed by atoms with E-state index in [1.165, 1.54) is 0 Å². The summed E-state index contributed by atoms with van der Waals surface area (Å²) in [5.41, 5.74) is -1.13. The first-order valence-electron chi connectivity index (χ1n) is 5.68. The zero-order valence-electron chi connectivity index (χ0n) is 11.4. The van der Waals surface area contributed by atoms with Gasteiger partial charge in [-0.25, -0.2) is 0 Å². The van der Waals surface area contributed by atoms with Crippen LogP contribution in [0.3, 0.4) is 0 Å². The van der Waals surface area contributed by atoms with Gasteiger partial charge in [-0.2, -0.15) is 0 Å². The van der Waals surface area contributed by atoms with Crippen molar-refractivity contribution in [1.82, 2.24) is 0 Å². The smallest absolute Gasteiger partial charge is 0.123 e. The molecule has 0 bridgehead atoms. The Morgan fingerprint density at radius 3 is 1.88 bits per heavy atom. The topological polar surface area (TPSA) is 20.2 Å². The van der Waals surface area contributed by atoms with E-state index >= 15 is 0 Å². The van der Waals surface area contributed by atoms with Crippen LogP contribution in [0.5, 0.6) is 0 Å². The Bertz CT molecular complexity index is 323. The van der Waals surface area contributed by atoms with Gasteiger partial charge in [0.05, 0.1) is 0 Å². The predicted octanol–water partition coefficient (Wildman–Crippen LogP) is 3.23. The Morgan fingerprint density at radius 2 is 1.50 bits per heavy atom. The normalized spacial score (nSPS) is 15.6. The quantitative estimate of drug-likeness (QED) is 0.724. The summed E-state index contributed by atoms with van der Waals surface area (Å²) in [4.78, 5) is 0. The molecular weight excluding hydrogens is 196 g/mol. The first-order chi connectivity index (χ1) is 6.97. The summed E-state index contributed by atoms with van der Waals surface area (Å²) in [6.45, 7) is 12.0. The molecule has 0 saturated carbocycles. The lowest BCUT2D eigenvalue weighted by atomic mass is 9.78. The summed E-state index contributed by atoms with van der Waals surface area (Å²) in [5, 5.41) is 10.2. The molecule has 0 amide bonds. The fraction of sp³-hybridized carbons (Fsp3) is 0.733. The van der Waals surface area contributed by atoms with E-state index in [4.69, 9.17) is 6.42 Å². The Labute approximate surface area is 101 Å². The molecule has 0 radical (unpaired) electrons. The van der Waals surface area contributed by atoms with Crippen LogP contribution in [0.25, 0.3) is 0 Å². The zero-order valence-corrected chi connectivity index (χ0v) is 11.4. The molecular formula is C15H24O. The lowest BCUT2D eigenvalue weighted by molar-refractivity contribution is 0.0689. The number of hydrogen-bond acceptors (Lipinski definition) is 1. The zero-order chi connectivity index (χ0) is 13.0. The van der Waals surface area contributed by atoms with Gasteiger partial charge in [0.1, 0.15) is 5.60 Å². The Kier molecular flexibility index (Phi) is 4.66. The van der Waals surface area contributed by atoms with E-state index in [0.717, 1.165) is 0 Å². The summed E-state index contributed by atoms with van der Waals surface area (Å²) in [5.74, 6) is 8.67. The largest absolute Gasteiger partial charge is 0.378 e. The molecule has 0 aliphatic heterocycles. The van der Waals surface area contributed by atoms with Crippen LogP contribution in [-0.2, 0) is 0 Å². The molecule has 16 heavy (non-hydrogen) atoms. The molecule has 0 aliphatic rings. The summed E-state index contributed by atoms with van der Waals surface area (Å²) < 4.78 is 0. The highest BCUT2D eigenvalue weighted by Crippen LogP contribution is 2.30. The molecule has 0 spiro atoms. The summed E-state index contributed by atoms with van der Waals surface area (Å²) in [6.07, 6.45) is 6.55. The van der Waals surface area contributed by atoms with Crippen molar-refractivity contribution in [3.05, 3.63) is 0 Å². The van der Waals surface area contributed by atoms with E-state index in [-0.39, 0.29) is 10.8 Å². The van der Waals surface area contributed by atoms with Crippen LogP contribution in [0.15, 0.2) is 0 Å². The van der Waals surface area contributed by atoms with Gasteiger partial charge in [0, 0.05) is 11.8 Å². The molecule has 0 aromatic heterocycles. The molecule has 1 heteroatoms. The Hall–Kier alpha value is -0.920. The third-order valence-electron chi connectivity index (χ3n) is 2.11. The average Bonchev–Trinajstić information content (AvgIpc) is 1.97. The maximum Gasteiger partial charge on any atom is 0.123 e. The molecule has 1 nitrogen and oxygen atoms in total. The number of aliphatic hydroxyl groups is 1. The first-order valence-corrected chi connectivity index (χ1v) is 5.68. The van der Waals surface area contributed by atoms with E-state index < -0.39 is 5.60 Å². The van der Waals surface area contributed by atoms with Crippen LogP contribution in [0, 0.1) is 35.0 Å². The number of hydrogen-bond donors (Lipinski definition) is 1. The highest BCUT2D eigenvalue weighted by atomic mass is 16.3. The highest BCUT2D eigenvalue weighted by molar-refractivity contribution is 5.17. The van der Waals surface area contributed by atoms with Crippen LogP contribution in [-0.4, -0.2) is 10.7 Å². The molecule has 0 aromatic rings. The molecule has 0 fully saturated rings. The summed E-state index contributed by atoms with van der Waals surface area (Å²) in [6, 6.07) is 0. The van der Waals surface area contributed by atoms with Crippen molar-refractivity contribution in [3.63, 3.8) is 0 Å². The van der Waals surface area contributed by atoms with Gasteiger partial charge in [0.25, 0.3) is 0 Å². The van der Waals surface area contributed by atoms with E-state index in [9.17, 15) is 5.11 Å². The fourth-order valence-corrected chi connectivity index (χ4v) is 1.64. The average molecular weight is 220 g/mol. The van der Waals surface area contributed by atoms with Crippen molar-refractivity contribution in [3.8, 4) is 24.2 Å². The van der Waals surface area contributed by atoms with Crippen molar-refractivity contribution in [2.75, 3.05) is 0 Å². The molecule has 0 aromatic carbocycles. The van der Waals surface area contributed by atoms with E-state index in [1.807, 2.05) is 20.8 Å². The third-order valence-corrected chi connectivity index (χ3v) is 2.11. The van der Waals surface area contributed by atoms with Crippen LogP contribution in [0.1, 0.15) is 54.4 Å². The second-order valence-electron chi connectivity index (χ2n) is 6.50. The fourth-order valence-electron chi connectivity index (χ4n) is 1.64. The molecule has 0 aliphatic carbocycles. The lowest BCUT2D eigenvalue weighted by Gasteiger charge is -2.29. The van der Waals surface area contributed by atoms with E-state index in [1.54, 1.807) is 6.92 Å². The molecule has 90 valence electrons. The second-order valence-corrected chi connectivity index (χ2v) is 6.50. The van der Waals surface area contributed by atoms with Crippen molar-refractivity contribution >= 4 is 0 Å². The highest BCUT2D eigenvalue weighted by Gasteiger charge is 2.28. The molecule has 0 rings (SSSR count). The van der Waals surface area contributed by atoms with Gasteiger partial charge in [0.15, 0.2) is 0 Å². The van der Waals surface area contributed by atoms with Gasteiger partial charge < -0.3 is 5.11 Å². The minimum absolute atomic E-state index is 0.0786. The van der Waals surface area contributed by atoms with Gasteiger partial charge in [-0.1, -0.05) is 25.7 Å². The molecule has 0 heterocycles. The molecule has 1 unspecified atom stereocenters. The second kappa shape index (κ2) is 4.94. The van der Waals surface area contributed by atoms with E-state index in [0.29, 0.717) is 12.8 Å². The van der Waals surface area contributed by atoms with Crippen LogP contribution in [0.2, 0.25) is 0 Å². The van der Waals surface area contributed by atoms with Crippen LogP contribution < -0.4 is 0 Å². The minimum Gasteiger partial charge on any atom is -0.378 e. The summed E-state index contributed by atoms with van der Waals surface area (Å²) in [7, 11) is 0. The van der Waals surface area contributed by atoms with Gasteiger partial charge in [-0.05, 0) is 39.5 Å². The van der Waals surface area contributed by atoms with Crippen molar-refractivity contribution in [1.29, 1.82) is 0 Å². The van der Waals surface area contributed by atoms with Crippen molar-refractivity contribution < 1.29 is 5.11 Å². The van der Waals surface area contributed by atoms with Crippen molar-refractivity contribution in [2.45, 2.75) is 60.0 Å². The van der Waals surface area contributed by atoms with Gasteiger partial charge >= 0.3 is 0 Å². The standard InChI is InChI=1S/C15H24O/c1-8-9-14(5,6)12-15(7,16)11-10-13(2,3)4/h1,16H,9,12H2,2-7H3. The first kappa shape index (κ1) is 15.1. The number of rotatable bonds is 3. The van der Waals surface area contributed by atoms with Crippen LogP contribution in [0.4, 0.5) is 0 Å². The number of terminal acetylenes is 1. The molecule has 1 atom stereocenters. The Morgan fingerprint density at radius 1 is 1.00 bits per heavy atom. The van der Waals surface area contributed by atoms with Gasteiger partial charge in [-0.15, -0.1) is 12.3 Å². The lowest BCUT2D eigenvalue weighted by Crippen LogP contribution is -2.30.